The molecule has 11 heteroatoms. The third-order valence-corrected chi connectivity index (χ3v) is 3.96. The third-order valence-electron chi connectivity index (χ3n) is 3.24. The van der Waals surface area contributed by atoms with Gasteiger partial charge in [-0.25, -0.2) is 4.79 Å². The molecule has 1 unspecified atom stereocenters. The van der Waals surface area contributed by atoms with E-state index in [9.17, 15) is 28.2 Å². The number of esters is 1. The first kappa shape index (κ1) is 23.8. The maximum absolute atomic E-state index is 11.8. The van der Waals surface area contributed by atoms with E-state index in [1.807, 2.05) is 0 Å². The Labute approximate surface area is 163 Å². The van der Waals surface area contributed by atoms with Crippen LogP contribution in [0.15, 0.2) is 24.3 Å². The van der Waals surface area contributed by atoms with Gasteiger partial charge in [-0.3, -0.25) is 9.35 Å². The SMILES string of the molecule is CC(C)(C)OC(=O)NC(Cc1ccc(OC(=O)CCS(=O)(=O)O)cc1)C(O)O. The van der Waals surface area contributed by atoms with E-state index in [4.69, 9.17) is 14.0 Å². The van der Waals surface area contributed by atoms with Crippen LogP contribution in [-0.2, 0) is 26.1 Å². The van der Waals surface area contributed by atoms with Crippen molar-refractivity contribution in [1.82, 2.24) is 5.32 Å². The molecule has 0 bridgehead atoms. The third kappa shape index (κ3) is 10.2. The van der Waals surface area contributed by atoms with E-state index < -0.39 is 52.3 Å². The summed E-state index contributed by atoms with van der Waals surface area (Å²) >= 11 is 0. The van der Waals surface area contributed by atoms with Crippen LogP contribution >= 0.6 is 0 Å². The Kier molecular flexibility index (Phi) is 8.36. The number of benzene rings is 1. The van der Waals surface area contributed by atoms with Gasteiger partial charge >= 0.3 is 12.1 Å². The lowest BCUT2D eigenvalue weighted by Crippen LogP contribution is -2.46. The standard InChI is InChI=1S/C17H25NO9S/c1-17(2,3)27-16(22)18-13(15(20)21)10-11-4-6-12(7-5-11)26-14(19)8-9-28(23,24)25/h4-7,13,15,20-21H,8-10H2,1-3H3,(H,18,22)(H,23,24,25). The molecule has 1 atom stereocenters. The summed E-state index contributed by atoms with van der Waals surface area (Å²) in [5, 5.41) is 21.3. The summed E-state index contributed by atoms with van der Waals surface area (Å²) in [7, 11) is -4.25. The van der Waals surface area contributed by atoms with Crippen LogP contribution in [0.1, 0.15) is 32.8 Å². The van der Waals surface area contributed by atoms with Gasteiger partial charge in [0.05, 0.1) is 18.2 Å². The lowest BCUT2D eigenvalue weighted by Gasteiger charge is -2.24. The molecule has 0 aliphatic carbocycles. The second-order valence-electron chi connectivity index (χ2n) is 7.02. The highest BCUT2D eigenvalue weighted by atomic mass is 32.2. The fourth-order valence-corrected chi connectivity index (χ4v) is 2.46. The van der Waals surface area contributed by atoms with Crippen molar-refractivity contribution in [2.45, 2.75) is 51.5 Å². The molecule has 0 fully saturated rings. The largest absolute Gasteiger partial charge is 0.444 e. The highest BCUT2D eigenvalue weighted by molar-refractivity contribution is 7.85. The van der Waals surface area contributed by atoms with Crippen molar-refractivity contribution >= 4 is 22.2 Å². The Bertz CT molecular complexity index is 767. The van der Waals surface area contributed by atoms with E-state index in [1.165, 1.54) is 24.3 Å². The molecule has 0 radical (unpaired) electrons. The summed E-state index contributed by atoms with van der Waals surface area (Å²) in [6, 6.07) is 4.90. The Balaban J connectivity index is 2.65. The molecule has 1 rings (SSSR count). The van der Waals surface area contributed by atoms with Crippen LogP contribution in [0, 0.1) is 0 Å². The van der Waals surface area contributed by atoms with Gasteiger partial charge in [0.2, 0.25) is 0 Å². The fourth-order valence-electron chi connectivity index (χ4n) is 2.03. The minimum absolute atomic E-state index is 0.0634. The van der Waals surface area contributed by atoms with Crippen LogP contribution < -0.4 is 10.1 Å². The summed E-state index contributed by atoms with van der Waals surface area (Å²) in [5.41, 5.74) is -0.137. The molecule has 0 aliphatic rings. The average molecular weight is 419 g/mol. The van der Waals surface area contributed by atoms with Gasteiger partial charge in [-0.1, -0.05) is 12.1 Å². The summed E-state index contributed by atoms with van der Waals surface area (Å²) in [4.78, 5) is 23.3. The highest BCUT2D eigenvalue weighted by Gasteiger charge is 2.23. The Morgan fingerprint density at radius 2 is 1.71 bits per heavy atom. The number of hydrogen-bond donors (Lipinski definition) is 4. The fraction of sp³-hybridized carbons (Fsp3) is 0.529. The van der Waals surface area contributed by atoms with Gasteiger partial charge in [0.15, 0.2) is 6.29 Å². The molecule has 10 nitrogen and oxygen atoms in total. The molecule has 0 heterocycles. The molecular weight excluding hydrogens is 394 g/mol. The molecule has 0 saturated carbocycles. The Morgan fingerprint density at radius 3 is 2.18 bits per heavy atom. The summed E-state index contributed by atoms with van der Waals surface area (Å²) in [6.07, 6.45) is -3.06. The van der Waals surface area contributed by atoms with Crippen LogP contribution in [0.4, 0.5) is 4.79 Å². The zero-order valence-corrected chi connectivity index (χ0v) is 16.6. The van der Waals surface area contributed by atoms with Crippen molar-refractivity contribution in [3.63, 3.8) is 0 Å². The molecule has 1 aromatic carbocycles. The summed E-state index contributed by atoms with van der Waals surface area (Å²) in [5.74, 6) is -1.43. The first-order valence-electron chi connectivity index (χ1n) is 8.35. The van der Waals surface area contributed by atoms with Crippen molar-refractivity contribution in [2.24, 2.45) is 0 Å². The molecule has 4 N–H and O–H groups in total. The van der Waals surface area contributed by atoms with E-state index in [0.29, 0.717) is 5.56 Å². The monoisotopic (exact) mass is 419 g/mol. The lowest BCUT2D eigenvalue weighted by atomic mass is 10.1. The molecule has 0 aromatic heterocycles. The second-order valence-corrected chi connectivity index (χ2v) is 8.60. The van der Waals surface area contributed by atoms with Gasteiger partial charge < -0.3 is 25.0 Å². The number of hydrogen-bond acceptors (Lipinski definition) is 8. The minimum Gasteiger partial charge on any atom is -0.444 e. The quantitative estimate of drug-likeness (QED) is 0.205. The number of amides is 1. The first-order chi connectivity index (χ1) is 12.7. The van der Waals surface area contributed by atoms with Crippen LogP contribution in [0.2, 0.25) is 0 Å². The van der Waals surface area contributed by atoms with Crippen LogP contribution in [0.3, 0.4) is 0 Å². The molecule has 1 aromatic rings. The molecule has 0 spiro atoms. The van der Waals surface area contributed by atoms with Crippen LogP contribution in [-0.4, -0.2) is 58.9 Å². The number of rotatable bonds is 8. The van der Waals surface area contributed by atoms with Crippen molar-refractivity contribution in [3.05, 3.63) is 29.8 Å². The molecule has 158 valence electrons. The van der Waals surface area contributed by atoms with Gasteiger partial charge in [0, 0.05) is 0 Å². The number of carbonyl (C=O) groups excluding carboxylic acids is 2. The van der Waals surface area contributed by atoms with Crippen LogP contribution in [0.5, 0.6) is 5.75 Å². The maximum atomic E-state index is 11.8. The van der Waals surface area contributed by atoms with Gasteiger partial charge in [-0.2, -0.15) is 8.42 Å². The van der Waals surface area contributed by atoms with Crippen molar-refractivity contribution in [2.75, 3.05) is 5.75 Å². The normalized spacial score (nSPS) is 13.1. The Hall–Kier alpha value is -2.21. The number of ether oxygens (including phenoxy) is 2. The smallest absolute Gasteiger partial charge is 0.408 e. The first-order valence-corrected chi connectivity index (χ1v) is 9.96. The molecule has 1 amide bonds. The van der Waals surface area contributed by atoms with Gasteiger partial charge in [-0.15, -0.1) is 0 Å². The minimum atomic E-state index is -4.25. The summed E-state index contributed by atoms with van der Waals surface area (Å²) in [6.45, 7) is 5.02. The zero-order valence-electron chi connectivity index (χ0n) is 15.8. The predicted molar refractivity (Wildman–Crippen MR) is 98.2 cm³/mol. The van der Waals surface area contributed by atoms with Gasteiger partial charge in [0.1, 0.15) is 11.4 Å². The van der Waals surface area contributed by atoms with Crippen molar-refractivity contribution in [3.8, 4) is 5.75 Å². The van der Waals surface area contributed by atoms with E-state index in [2.05, 4.69) is 5.32 Å². The topological polar surface area (TPSA) is 159 Å². The Morgan fingerprint density at radius 1 is 1.14 bits per heavy atom. The van der Waals surface area contributed by atoms with Crippen molar-refractivity contribution in [1.29, 1.82) is 0 Å². The number of nitrogens with one attached hydrogen (secondary N) is 1. The summed E-state index contributed by atoms with van der Waals surface area (Å²) < 4.78 is 39.8. The molecular formula is C17H25NO9S. The molecule has 0 aliphatic heterocycles. The maximum Gasteiger partial charge on any atom is 0.408 e. The highest BCUT2D eigenvalue weighted by Crippen LogP contribution is 2.15. The van der Waals surface area contributed by atoms with E-state index in [1.54, 1.807) is 20.8 Å². The van der Waals surface area contributed by atoms with E-state index in [0.717, 1.165) is 0 Å². The second kappa shape index (κ2) is 9.82. The number of aliphatic hydroxyl groups excluding tert-OH is 1. The number of alkyl carbamates (subject to hydrolysis) is 1. The average Bonchev–Trinajstić information content (AvgIpc) is 2.51. The molecule has 0 saturated heterocycles. The molecule has 28 heavy (non-hydrogen) atoms. The lowest BCUT2D eigenvalue weighted by molar-refractivity contribution is -0.133. The van der Waals surface area contributed by atoms with Crippen LogP contribution in [0.25, 0.3) is 0 Å². The zero-order chi connectivity index (χ0) is 21.5. The van der Waals surface area contributed by atoms with E-state index >= 15 is 0 Å². The van der Waals surface area contributed by atoms with E-state index in [-0.39, 0.29) is 12.2 Å². The van der Waals surface area contributed by atoms with Gasteiger partial charge in [-0.05, 0) is 44.9 Å². The number of carbonyl (C=O) groups is 2. The predicted octanol–water partition coefficient (Wildman–Crippen LogP) is 0.616. The number of aliphatic hydroxyl groups is 2. The van der Waals surface area contributed by atoms with Crippen molar-refractivity contribution < 1.29 is 42.2 Å². The van der Waals surface area contributed by atoms with Gasteiger partial charge in [0.25, 0.3) is 10.1 Å².